The number of benzene rings is 2. The fourth-order valence-corrected chi connectivity index (χ4v) is 11.0. The second-order valence-corrected chi connectivity index (χ2v) is 15.4. The average Bonchev–Trinajstić information content (AvgIpc) is 2.76. The summed E-state index contributed by atoms with van der Waals surface area (Å²) in [6, 6.07) is 3.41. The number of carboxylic acid groups (broad SMARTS) is 2. The molecule has 15 heteroatoms. The summed E-state index contributed by atoms with van der Waals surface area (Å²) in [5.74, 6) is -2.64. The molecule has 4 N–H and O–H groups in total. The zero-order valence-corrected chi connectivity index (χ0v) is 34.1. The molecule has 0 heterocycles. The van der Waals surface area contributed by atoms with Crippen LogP contribution in [-0.4, -0.2) is 34.0 Å². The fourth-order valence-electron chi connectivity index (χ4n) is 2.78. The van der Waals surface area contributed by atoms with E-state index in [4.69, 9.17) is 0 Å². The van der Waals surface area contributed by atoms with Gasteiger partial charge in [-0.15, -0.1) is 0 Å². The van der Waals surface area contributed by atoms with Gasteiger partial charge in [-0.1, -0.05) is 0 Å². The summed E-state index contributed by atoms with van der Waals surface area (Å²) in [6.45, 7) is 2.14. The zero-order chi connectivity index (χ0) is 28.4. The van der Waals surface area contributed by atoms with Crippen LogP contribution in [0, 0.1) is 59.3 Å². The molecule has 0 aliphatic carbocycles. The Bertz CT molecular complexity index is 1120. The number of rotatable bonds is 9. The third-order valence-electron chi connectivity index (χ3n) is 4.35. The second-order valence-electron chi connectivity index (χ2n) is 6.97. The molecule has 2 aromatic rings. The first kappa shape index (κ1) is 37.1. The van der Waals surface area contributed by atoms with Crippen molar-refractivity contribution < 1.29 is 67.3 Å². The monoisotopic (exact) mass is 1330 g/mol. The van der Waals surface area contributed by atoms with Crippen LogP contribution in [0.3, 0.4) is 0 Å². The summed E-state index contributed by atoms with van der Waals surface area (Å²) in [6.07, 6.45) is 1.28. The van der Waals surface area contributed by atoms with Crippen molar-refractivity contribution in [2.45, 2.75) is 34.8 Å². The van der Waals surface area contributed by atoms with Crippen molar-refractivity contribution in [3.63, 3.8) is 0 Å². The number of nitrogens with one attached hydrogen (secondary N) is 2. The van der Waals surface area contributed by atoms with Gasteiger partial charge in [0.15, 0.2) is 0 Å². The first-order chi connectivity index (χ1) is 17.3. The standard InChI is InChI=1S/C20H14I6N2O6.C2H5.Gd/c21-7-5-9(23)17(15(25)13(7)19(31)32)27-11(29)3-1-2-4-12(30)28-18-10(24)6-8(22)14(16(18)26)20(33)34;1-2;/h5-6H,1-4H2,(H,27,29)(H,28,30)(H,31,32)(H,33,34);1H2,2H3;. The first-order valence-corrected chi connectivity index (χ1v) is 18.3. The molecule has 0 aromatic heterocycles. The van der Waals surface area contributed by atoms with Crippen LogP contribution in [0.2, 0.25) is 2.20 Å². The molecule has 2 rings (SSSR count). The minimum Gasteiger partial charge on any atom is -0.478 e. The van der Waals surface area contributed by atoms with Gasteiger partial charge in [-0.25, -0.2) is 9.59 Å². The third-order valence-corrected chi connectivity index (χ3v) is 9.92. The van der Waals surface area contributed by atoms with Crippen molar-refractivity contribution in [2.24, 2.45) is 0 Å². The topological polar surface area (TPSA) is 133 Å². The number of carboxylic acids is 2. The fraction of sp³-hybridized carbons (Fsp3) is 0.273. The minimum absolute atomic E-state index is 0.152. The van der Waals surface area contributed by atoms with E-state index in [9.17, 15) is 29.4 Å². The van der Waals surface area contributed by atoms with Crippen LogP contribution in [-0.2, 0) is 9.59 Å². The maximum absolute atomic E-state index is 12.4. The van der Waals surface area contributed by atoms with Gasteiger partial charge in [-0.2, -0.15) is 0 Å². The minimum atomic E-state index is -1.06. The van der Waals surface area contributed by atoms with Gasteiger partial charge in [0, 0.05) is 27.1 Å². The largest absolute Gasteiger partial charge is 0.478 e. The van der Waals surface area contributed by atoms with E-state index in [0.717, 1.165) is 7.14 Å². The molecule has 0 radical (unpaired) electrons. The molecule has 0 fully saturated rings. The van der Waals surface area contributed by atoms with Gasteiger partial charge in [-0.3, -0.25) is 9.59 Å². The van der Waals surface area contributed by atoms with E-state index in [-0.39, 0.29) is 35.8 Å². The molecule has 0 bridgehead atoms. The number of amides is 2. The van der Waals surface area contributed by atoms with Gasteiger partial charge in [-0.05, 0) is 161 Å². The summed E-state index contributed by atoms with van der Waals surface area (Å²) in [5, 5.41) is 24.4. The Kier molecular flexibility index (Phi) is 18.6. The molecule has 37 heavy (non-hydrogen) atoms. The Hall–Kier alpha value is 2.02. The Labute approximate surface area is 321 Å². The molecule has 2 aromatic carbocycles. The van der Waals surface area contributed by atoms with E-state index in [2.05, 4.69) is 62.7 Å². The van der Waals surface area contributed by atoms with E-state index < -0.39 is 11.9 Å². The van der Waals surface area contributed by atoms with Gasteiger partial charge < -0.3 is 20.8 Å². The molecule has 0 aliphatic rings. The van der Waals surface area contributed by atoms with Crippen molar-refractivity contribution in [3.8, 4) is 0 Å². The SMILES string of the molecule is C[CH2][Gd].O=C(CCCCC(=O)Nc1c(I)cc(I)c(C(=O)O)c1I)Nc1c(I)cc(I)c(C(=O)O)c1I. The molecular weight excluding hydrogens is 1310 g/mol. The van der Waals surface area contributed by atoms with Crippen LogP contribution >= 0.6 is 136 Å². The number of aromatic carboxylic acids is 2. The van der Waals surface area contributed by atoms with E-state index in [0.29, 0.717) is 38.5 Å². The average molecular weight is 1330 g/mol. The number of carbonyl (C=O) groups is 4. The Morgan fingerprint density at radius 2 is 1.00 bits per heavy atom. The number of unbranched alkanes of at least 4 members (excludes halogenated alkanes) is 1. The van der Waals surface area contributed by atoms with Gasteiger partial charge in [0.2, 0.25) is 11.8 Å². The second kappa shape index (κ2) is 18.5. The van der Waals surface area contributed by atoms with Crippen molar-refractivity contribution in [1.82, 2.24) is 0 Å². The Morgan fingerprint density at radius 3 is 1.27 bits per heavy atom. The van der Waals surface area contributed by atoms with E-state index >= 15 is 0 Å². The van der Waals surface area contributed by atoms with Crippen molar-refractivity contribution >= 4 is 171 Å². The Balaban J connectivity index is 0.00000217. The van der Waals surface area contributed by atoms with Crippen LogP contribution in [0.1, 0.15) is 53.3 Å². The molecular formula is C22H19GdI6N2O6. The van der Waals surface area contributed by atoms with Crippen LogP contribution in [0.4, 0.5) is 11.4 Å². The summed E-state index contributed by atoms with van der Waals surface area (Å²) < 4.78 is 4.89. The van der Waals surface area contributed by atoms with Crippen molar-refractivity contribution in [1.29, 1.82) is 0 Å². The number of halogens is 6. The summed E-state index contributed by atoms with van der Waals surface area (Å²) >= 11 is 13.8. The number of hydrogen-bond donors (Lipinski definition) is 4. The number of carbonyl (C=O) groups excluding carboxylic acids is 2. The van der Waals surface area contributed by atoms with Crippen LogP contribution in [0.25, 0.3) is 0 Å². The van der Waals surface area contributed by atoms with Crippen molar-refractivity contribution in [3.05, 3.63) is 44.7 Å². The zero-order valence-electron chi connectivity index (χ0n) is 18.8. The molecule has 0 aliphatic heterocycles. The van der Waals surface area contributed by atoms with E-state index in [1.165, 1.54) is 2.20 Å². The van der Waals surface area contributed by atoms with Gasteiger partial charge >= 0.3 is 59.0 Å². The molecule has 0 unspecified atom stereocenters. The summed E-state index contributed by atoms with van der Waals surface area (Å²) in [5.41, 5.74) is 1.25. The maximum atomic E-state index is 12.4. The molecule has 0 saturated heterocycles. The first-order valence-electron chi connectivity index (χ1n) is 10.2. The van der Waals surface area contributed by atoms with E-state index in [1.807, 2.05) is 128 Å². The quantitative estimate of drug-likeness (QED) is 0.150. The third kappa shape index (κ3) is 11.7. The van der Waals surface area contributed by atoms with Crippen LogP contribution in [0.15, 0.2) is 12.1 Å². The molecule has 0 atom stereocenters. The molecule has 0 saturated carbocycles. The van der Waals surface area contributed by atoms with Crippen LogP contribution in [0.5, 0.6) is 0 Å². The number of anilines is 2. The normalized spacial score (nSPS) is 10.3. The summed E-state index contributed by atoms with van der Waals surface area (Å²) in [7, 11) is 0. The molecule has 8 nitrogen and oxygen atoms in total. The van der Waals surface area contributed by atoms with Crippen molar-refractivity contribution in [2.75, 3.05) is 10.6 Å². The van der Waals surface area contributed by atoms with Gasteiger partial charge in [0.1, 0.15) is 0 Å². The smallest absolute Gasteiger partial charge is 0.337 e. The molecule has 0 spiro atoms. The van der Waals surface area contributed by atoms with Crippen LogP contribution < -0.4 is 10.6 Å². The number of hydrogen-bond acceptors (Lipinski definition) is 4. The van der Waals surface area contributed by atoms with Gasteiger partial charge in [0.25, 0.3) is 0 Å². The molecule has 203 valence electrons. The predicted molar refractivity (Wildman–Crippen MR) is 189 cm³/mol. The van der Waals surface area contributed by atoms with Gasteiger partial charge in [0.05, 0.1) is 29.6 Å². The van der Waals surface area contributed by atoms with E-state index in [1.54, 1.807) is 12.1 Å². The maximum Gasteiger partial charge on any atom is 0.337 e. The molecule has 2 amide bonds. The predicted octanol–water partition coefficient (Wildman–Crippen LogP) is 7.82. The Morgan fingerprint density at radius 1 is 0.703 bits per heavy atom. The summed E-state index contributed by atoms with van der Waals surface area (Å²) in [4.78, 5) is 47.9.